The number of hydrogen-bond acceptors (Lipinski definition) is 6. The standard InChI is InChI=1S/C15H16FN3O4S/c1-22-15(21)19-14-18-11(9-24-14)8-13(20)17-6-7-23-12-4-2-10(16)3-5-12/h2-5,9H,6-8H2,1H3,(H,17,20)(H,18,19,21). The number of nitrogens with one attached hydrogen (secondary N) is 2. The van der Waals surface area contributed by atoms with E-state index >= 15 is 0 Å². The molecule has 1 heterocycles. The van der Waals surface area contributed by atoms with Crippen LogP contribution in [0.25, 0.3) is 0 Å². The Morgan fingerprint density at radius 1 is 1.29 bits per heavy atom. The van der Waals surface area contributed by atoms with Crippen LogP contribution in [0.2, 0.25) is 0 Å². The lowest BCUT2D eigenvalue weighted by Crippen LogP contribution is -2.29. The summed E-state index contributed by atoms with van der Waals surface area (Å²) < 4.78 is 22.6. The van der Waals surface area contributed by atoms with E-state index in [0.29, 0.717) is 23.1 Å². The molecule has 0 bridgehead atoms. The van der Waals surface area contributed by atoms with Gasteiger partial charge >= 0.3 is 6.09 Å². The molecule has 0 aliphatic carbocycles. The second-order valence-electron chi connectivity index (χ2n) is 4.59. The molecule has 128 valence electrons. The number of benzene rings is 1. The molecule has 0 fully saturated rings. The van der Waals surface area contributed by atoms with Crippen molar-refractivity contribution in [2.24, 2.45) is 0 Å². The van der Waals surface area contributed by atoms with Crippen LogP contribution < -0.4 is 15.4 Å². The van der Waals surface area contributed by atoms with E-state index in [1.165, 1.54) is 42.7 Å². The molecule has 1 aromatic carbocycles. The third kappa shape index (κ3) is 5.84. The van der Waals surface area contributed by atoms with Crippen LogP contribution in [0.1, 0.15) is 5.69 Å². The summed E-state index contributed by atoms with van der Waals surface area (Å²) in [6, 6.07) is 5.64. The fourth-order valence-corrected chi connectivity index (χ4v) is 2.40. The summed E-state index contributed by atoms with van der Waals surface area (Å²) >= 11 is 1.20. The van der Waals surface area contributed by atoms with Crippen molar-refractivity contribution in [3.05, 3.63) is 41.2 Å². The van der Waals surface area contributed by atoms with Gasteiger partial charge in [0, 0.05) is 5.38 Å². The summed E-state index contributed by atoms with van der Waals surface area (Å²) in [6.45, 7) is 0.581. The molecule has 0 saturated heterocycles. The highest BCUT2D eigenvalue weighted by molar-refractivity contribution is 7.13. The first-order valence-electron chi connectivity index (χ1n) is 7.01. The number of rotatable bonds is 7. The Balaban J connectivity index is 1.67. The lowest BCUT2D eigenvalue weighted by molar-refractivity contribution is -0.120. The zero-order valence-corrected chi connectivity index (χ0v) is 13.7. The maximum absolute atomic E-state index is 12.7. The van der Waals surface area contributed by atoms with Crippen LogP contribution in [0.3, 0.4) is 0 Å². The highest BCUT2D eigenvalue weighted by atomic mass is 32.1. The fourth-order valence-electron chi connectivity index (χ4n) is 1.70. The van der Waals surface area contributed by atoms with E-state index in [1.807, 2.05) is 0 Å². The van der Waals surface area contributed by atoms with E-state index in [-0.39, 0.29) is 24.8 Å². The van der Waals surface area contributed by atoms with Gasteiger partial charge in [0.2, 0.25) is 5.91 Å². The van der Waals surface area contributed by atoms with Crippen molar-refractivity contribution in [1.29, 1.82) is 0 Å². The number of thiazole rings is 1. The minimum Gasteiger partial charge on any atom is -0.492 e. The van der Waals surface area contributed by atoms with Crippen molar-refractivity contribution < 1.29 is 23.5 Å². The lowest BCUT2D eigenvalue weighted by atomic mass is 10.3. The van der Waals surface area contributed by atoms with Crippen LogP contribution in [0.5, 0.6) is 5.75 Å². The average Bonchev–Trinajstić information content (AvgIpc) is 3.00. The number of aromatic nitrogens is 1. The number of carbonyl (C=O) groups is 2. The Kier molecular flexibility index (Phi) is 6.50. The molecule has 2 amide bonds. The number of nitrogens with zero attached hydrogens (tertiary/aromatic N) is 1. The topological polar surface area (TPSA) is 89.5 Å². The van der Waals surface area contributed by atoms with Gasteiger partial charge < -0.3 is 14.8 Å². The molecule has 2 aromatic rings. The Hall–Kier alpha value is -2.68. The number of amides is 2. The zero-order valence-electron chi connectivity index (χ0n) is 12.9. The number of anilines is 1. The van der Waals surface area contributed by atoms with Gasteiger partial charge in [0.1, 0.15) is 18.2 Å². The SMILES string of the molecule is COC(=O)Nc1nc(CC(=O)NCCOc2ccc(F)cc2)cs1. The number of carbonyl (C=O) groups excluding carboxylic acids is 2. The molecular weight excluding hydrogens is 337 g/mol. The smallest absolute Gasteiger partial charge is 0.413 e. The molecule has 0 radical (unpaired) electrons. The van der Waals surface area contributed by atoms with Gasteiger partial charge in [-0.15, -0.1) is 11.3 Å². The van der Waals surface area contributed by atoms with Gasteiger partial charge in [-0.25, -0.2) is 14.2 Å². The maximum atomic E-state index is 12.7. The molecule has 0 atom stereocenters. The highest BCUT2D eigenvalue weighted by Crippen LogP contribution is 2.16. The van der Waals surface area contributed by atoms with Crippen molar-refractivity contribution >= 4 is 28.5 Å². The van der Waals surface area contributed by atoms with E-state index in [0.717, 1.165) is 0 Å². The Labute approximate surface area is 141 Å². The van der Waals surface area contributed by atoms with Crippen LogP contribution in [0, 0.1) is 5.82 Å². The molecule has 0 unspecified atom stereocenters. The molecule has 24 heavy (non-hydrogen) atoms. The minimum atomic E-state index is -0.613. The number of methoxy groups -OCH3 is 1. The second kappa shape index (κ2) is 8.82. The maximum Gasteiger partial charge on any atom is 0.413 e. The van der Waals surface area contributed by atoms with Gasteiger partial charge in [-0.3, -0.25) is 10.1 Å². The molecule has 2 N–H and O–H groups in total. The number of ether oxygens (including phenoxy) is 2. The van der Waals surface area contributed by atoms with Crippen molar-refractivity contribution in [2.45, 2.75) is 6.42 Å². The van der Waals surface area contributed by atoms with Gasteiger partial charge in [0.25, 0.3) is 0 Å². The third-order valence-electron chi connectivity index (χ3n) is 2.79. The first-order chi connectivity index (χ1) is 11.6. The summed E-state index contributed by atoms with van der Waals surface area (Å²) in [6.07, 6.45) is -0.520. The van der Waals surface area contributed by atoms with E-state index in [2.05, 4.69) is 20.4 Å². The van der Waals surface area contributed by atoms with Crippen LogP contribution in [0.15, 0.2) is 29.6 Å². The van der Waals surface area contributed by atoms with Gasteiger partial charge in [0.15, 0.2) is 5.13 Å². The van der Waals surface area contributed by atoms with Gasteiger partial charge in [-0.05, 0) is 24.3 Å². The van der Waals surface area contributed by atoms with E-state index < -0.39 is 6.09 Å². The van der Waals surface area contributed by atoms with Crippen molar-refractivity contribution in [3.8, 4) is 5.75 Å². The molecule has 0 spiro atoms. The summed E-state index contributed by atoms with van der Waals surface area (Å²) in [5, 5.41) is 7.16. The van der Waals surface area contributed by atoms with Crippen LogP contribution >= 0.6 is 11.3 Å². The van der Waals surface area contributed by atoms with E-state index in [9.17, 15) is 14.0 Å². The summed E-state index contributed by atoms with van der Waals surface area (Å²) in [5.41, 5.74) is 0.545. The lowest BCUT2D eigenvalue weighted by Gasteiger charge is -2.07. The predicted molar refractivity (Wildman–Crippen MR) is 86.8 cm³/mol. The summed E-state index contributed by atoms with van der Waals surface area (Å²) in [4.78, 5) is 26.9. The molecule has 0 saturated carbocycles. The first-order valence-corrected chi connectivity index (χ1v) is 7.89. The average molecular weight is 353 g/mol. The largest absolute Gasteiger partial charge is 0.492 e. The van der Waals surface area contributed by atoms with E-state index in [1.54, 1.807) is 5.38 Å². The number of hydrogen-bond donors (Lipinski definition) is 2. The van der Waals surface area contributed by atoms with Gasteiger partial charge in [-0.1, -0.05) is 0 Å². The molecule has 2 rings (SSSR count). The predicted octanol–water partition coefficient (Wildman–Crippen LogP) is 2.20. The first kappa shape index (κ1) is 17.7. The summed E-state index contributed by atoms with van der Waals surface area (Å²) in [5.74, 6) is -0.0173. The normalized spacial score (nSPS) is 10.1. The van der Waals surface area contributed by atoms with Gasteiger partial charge in [0.05, 0.1) is 25.8 Å². The van der Waals surface area contributed by atoms with Crippen LogP contribution in [0.4, 0.5) is 14.3 Å². The molecule has 7 nitrogen and oxygen atoms in total. The molecular formula is C15H16FN3O4S. The van der Waals surface area contributed by atoms with Crippen molar-refractivity contribution in [3.63, 3.8) is 0 Å². The second-order valence-corrected chi connectivity index (χ2v) is 5.45. The Morgan fingerprint density at radius 2 is 2.04 bits per heavy atom. The number of halogens is 1. The van der Waals surface area contributed by atoms with Crippen LogP contribution in [-0.2, 0) is 16.0 Å². The Bertz CT molecular complexity index is 690. The minimum absolute atomic E-state index is 0.0932. The quantitative estimate of drug-likeness (QED) is 0.745. The fraction of sp³-hybridized carbons (Fsp3) is 0.267. The monoisotopic (exact) mass is 353 g/mol. The zero-order chi connectivity index (χ0) is 17.4. The van der Waals surface area contributed by atoms with E-state index in [4.69, 9.17) is 4.74 Å². The molecule has 0 aliphatic heterocycles. The van der Waals surface area contributed by atoms with Crippen molar-refractivity contribution in [1.82, 2.24) is 10.3 Å². The third-order valence-corrected chi connectivity index (χ3v) is 3.60. The summed E-state index contributed by atoms with van der Waals surface area (Å²) in [7, 11) is 1.26. The van der Waals surface area contributed by atoms with Gasteiger partial charge in [-0.2, -0.15) is 0 Å². The molecule has 9 heteroatoms. The van der Waals surface area contributed by atoms with Crippen molar-refractivity contribution in [2.75, 3.05) is 25.6 Å². The van der Waals surface area contributed by atoms with Crippen LogP contribution in [-0.4, -0.2) is 37.2 Å². The Morgan fingerprint density at radius 3 is 2.75 bits per heavy atom. The molecule has 1 aromatic heterocycles. The molecule has 0 aliphatic rings. The highest BCUT2D eigenvalue weighted by Gasteiger charge is 2.09.